The lowest BCUT2D eigenvalue weighted by Gasteiger charge is -2.21. The minimum Gasteiger partial charge on any atom is -0.462 e. The molecule has 0 aromatic rings. The van der Waals surface area contributed by atoms with Gasteiger partial charge in [-0.15, -0.1) is 0 Å². The fourth-order valence-corrected chi connectivity index (χ4v) is 9.34. The van der Waals surface area contributed by atoms with Crippen molar-refractivity contribution in [3.05, 3.63) is 0 Å². The molecule has 2 atom stereocenters. The molecule has 0 bridgehead atoms. The van der Waals surface area contributed by atoms with Crippen molar-refractivity contribution in [2.75, 3.05) is 70.5 Å². The summed E-state index contributed by atoms with van der Waals surface area (Å²) in [6.07, 6.45) is 36.3. The molecule has 16 heteroatoms. The summed E-state index contributed by atoms with van der Waals surface area (Å²) in [5, 5.41) is 5.83. The van der Waals surface area contributed by atoms with Crippen molar-refractivity contribution in [1.29, 1.82) is 0 Å². The third-order valence-corrected chi connectivity index (χ3v) is 14.2. The topological polar surface area (TPSA) is 196 Å². The van der Waals surface area contributed by atoms with E-state index in [-0.39, 0.29) is 88.5 Å². The predicted octanol–water partition coefficient (Wildman–Crippen LogP) is 12.3. The average molecular weight is 1040 g/mol. The molecule has 0 aliphatic carbocycles. The highest BCUT2D eigenvalue weighted by atomic mass is 32.2. The minimum atomic E-state index is -4.08. The molecule has 0 heterocycles. The Balaban J connectivity index is 5.19. The molecule has 0 aromatic heterocycles. The average Bonchev–Trinajstić information content (AvgIpc) is 3.33. The molecule has 414 valence electrons. The van der Waals surface area contributed by atoms with Crippen LogP contribution in [0.15, 0.2) is 0 Å². The van der Waals surface area contributed by atoms with Gasteiger partial charge < -0.3 is 44.1 Å². The van der Waals surface area contributed by atoms with Crippen LogP contribution in [0.2, 0.25) is 0 Å². The summed E-state index contributed by atoms with van der Waals surface area (Å²) in [6.45, 7) is 8.03. The Morgan fingerprint density at radius 2 is 0.871 bits per heavy atom. The highest BCUT2D eigenvalue weighted by molar-refractivity contribution is 7.99. The number of amides is 2. The van der Waals surface area contributed by atoms with Gasteiger partial charge in [-0.05, 0) is 19.3 Å². The van der Waals surface area contributed by atoms with Crippen molar-refractivity contribution in [2.45, 2.75) is 251 Å². The molecule has 0 radical (unpaired) electrons. The molecule has 0 spiro atoms. The van der Waals surface area contributed by atoms with Crippen molar-refractivity contribution in [1.82, 2.24) is 10.6 Å². The maximum atomic E-state index is 13.5. The van der Waals surface area contributed by atoms with Crippen molar-refractivity contribution in [3.63, 3.8) is 0 Å². The Kier molecular flexibility index (Phi) is 50.8. The molecular formula is C54H105N2O12PS. The van der Waals surface area contributed by atoms with Crippen LogP contribution < -0.4 is 10.6 Å². The molecule has 0 saturated heterocycles. The number of esters is 2. The number of rotatable bonds is 55. The van der Waals surface area contributed by atoms with Crippen LogP contribution in [0.25, 0.3) is 0 Å². The van der Waals surface area contributed by atoms with Crippen molar-refractivity contribution < 1.29 is 57.2 Å². The summed E-state index contributed by atoms with van der Waals surface area (Å²) in [5.74, 6) is -0.613. The second-order valence-electron chi connectivity index (χ2n) is 19.1. The van der Waals surface area contributed by atoms with E-state index in [4.69, 9.17) is 33.5 Å². The zero-order valence-corrected chi connectivity index (χ0v) is 46.5. The van der Waals surface area contributed by atoms with E-state index < -0.39 is 19.7 Å². The van der Waals surface area contributed by atoms with Crippen LogP contribution >= 0.6 is 19.4 Å². The quantitative estimate of drug-likeness (QED) is 0.0255. The maximum absolute atomic E-state index is 13.5. The Labute approximate surface area is 431 Å². The Morgan fingerprint density at radius 1 is 0.486 bits per heavy atom. The van der Waals surface area contributed by atoms with Crippen LogP contribution in [-0.4, -0.2) is 116 Å². The van der Waals surface area contributed by atoms with Crippen molar-refractivity contribution >= 4 is 43.1 Å². The maximum Gasteiger partial charge on any atom is 0.327 e. The molecule has 14 nitrogen and oxygen atoms in total. The first kappa shape index (κ1) is 68.3. The molecule has 0 aliphatic rings. The monoisotopic (exact) mass is 1040 g/mol. The Bertz CT molecular complexity index is 1260. The van der Waals surface area contributed by atoms with Crippen LogP contribution in [0.1, 0.15) is 239 Å². The van der Waals surface area contributed by atoms with Gasteiger partial charge in [-0.2, -0.15) is 11.8 Å². The predicted molar refractivity (Wildman–Crippen MR) is 286 cm³/mol. The molecular weight excluding hydrogens is 932 g/mol. The van der Waals surface area contributed by atoms with Gasteiger partial charge >= 0.3 is 19.5 Å². The van der Waals surface area contributed by atoms with E-state index in [1.807, 2.05) is 0 Å². The summed E-state index contributed by atoms with van der Waals surface area (Å²) in [6, 6.07) is -0.833. The molecule has 0 aliphatic heterocycles. The van der Waals surface area contributed by atoms with Crippen LogP contribution in [0.5, 0.6) is 0 Å². The number of carbonyl (C=O) groups is 4. The minimum absolute atomic E-state index is 0.0500. The lowest BCUT2D eigenvalue weighted by atomic mass is 10.0. The van der Waals surface area contributed by atoms with E-state index >= 15 is 0 Å². The van der Waals surface area contributed by atoms with Gasteiger partial charge in [0.15, 0.2) is 0 Å². The Hall–Kier alpha value is -1.74. The van der Waals surface area contributed by atoms with Crippen LogP contribution in [0.4, 0.5) is 0 Å². The number of ether oxygens (including phenoxy) is 5. The molecule has 4 N–H and O–H groups in total. The van der Waals surface area contributed by atoms with E-state index in [0.717, 1.165) is 57.8 Å². The summed E-state index contributed by atoms with van der Waals surface area (Å²) in [7, 11) is -4.08. The number of thioether (sulfide) groups is 1. The third kappa shape index (κ3) is 51.2. The smallest absolute Gasteiger partial charge is 0.327 e. The van der Waals surface area contributed by atoms with E-state index in [0.29, 0.717) is 25.0 Å². The van der Waals surface area contributed by atoms with Gasteiger partial charge in [0.2, 0.25) is 11.8 Å². The first-order valence-electron chi connectivity index (χ1n) is 28.3. The summed E-state index contributed by atoms with van der Waals surface area (Å²) >= 11 is 1.38. The van der Waals surface area contributed by atoms with Gasteiger partial charge in [0.25, 0.3) is 0 Å². The number of hydrogen-bond donors (Lipinski definition) is 4. The summed E-state index contributed by atoms with van der Waals surface area (Å²) < 4.78 is 38.7. The lowest BCUT2D eigenvalue weighted by molar-refractivity contribution is -0.157. The molecule has 0 unspecified atom stereocenters. The van der Waals surface area contributed by atoms with E-state index in [9.17, 15) is 23.7 Å². The normalized spacial score (nSPS) is 12.5. The molecule has 0 saturated carbocycles. The molecule has 70 heavy (non-hydrogen) atoms. The highest BCUT2D eigenvalue weighted by Crippen LogP contribution is 2.33. The first-order chi connectivity index (χ1) is 34.0. The van der Waals surface area contributed by atoms with E-state index in [1.165, 1.54) is 153 Å². The van der Waals surface area contributed by atoms with Crippen LogP contribution in [0.3, 0.4) is 0 Å². The molecule has 2 amide bonds. The van der Waals surface area contributed by atoms with Gasteiger partial charge in [0.05, 0.1) is 45.8 Å². The molecule has 0 aromatic carbocycles. The number of hydrogen-bond acceptors (Lipinski definition) is 11. The molecule has 0 rings (SSSR count). The number of carbonyl (C=O) groups excluding carboxylic acids is 4. The van der Waals surface area contributed by atoms with Gasteiger partial charge in [-0.25, -0.2) is 0 Å². The number of nitrogens with one attached hydrogen (secondary N) is 2. The number of unbranched alkanes of at least 4 members (excludes halogenated alkanes) is 28. The summed E-state index contributed by atoms with van der Waals surface area (Å²) in [4.78, 5) is 70.3. The highest BCUT2D eigenvalue weighted by Gasteiger charge is 2.23. The zero-order chi connectivity index (χ0) is 51.4. The van der Waals surface area contributed by atoms with E-state index in [1.54, 1.807) is 0 Å². The van der Waals surface area contributed by atoms with Gasteiger partial charge in [-0.1, -0.05) is 201 Å². The van der Waals surface area contributed by atoms with Gasteiger partial charge in [0, 0.05) is 37.3 Å². The molecule has 0 fully saturated rings. The van der Waals surface area contributed by atoms with Crippen LogP contribution in [-0.2, 0) is 47.4 Å². The third-order valence-electron chi connectivity index (χ3n) is 12.3. The fourth-order valence-electron chi connectivity index (χ4n) is 7.94. The standard InChI is InChI=1S/C54H105N2O12PS/c1-4-7-10-13-16-19-20-21-22-25-26-29-32-35-51(57)56-50(54(60)55-38-39-64-40-41-65-42-43-66-44-45-69(61,62)63)48-70-47-49(68-53(59)37-34-31-28-24-18-15-12-9-6-3)46-67-52(58)36-33-30-27-23-17-14-11-8-5-2/h49-50H,4-48H2,1-3H3,(H,55,60)(H,56,57)(H2,61,62,63)/t49-,50+/m1/s1. The van der Waals surface area contributed by atoms with Gasteiger partial charge in [-0.3, -0.25) is 23.7 Å². The van der Waals surface area contributed by atoms with Crippen molar-refractivity contribution in [3.8, 4) is 0 Å². The van der Waals surface area contributed by atoms with Crippen LogP contribution in [0, 0.1) is 0 Å². The fraction of sp³-hybridized carbons (Fsp3) is 0.926. The SMILES string of the molecule is CCCCCCCCCCCCCCCC(=O)N[C@@H](CSC[C@@H](COC(=O)CCCCCCCCCCC)OC(=O)CCCCCCCCCCC)C(=O)NCCOCCOCCOCCP(=O)(O)O. The zero-order valence-electron chi connectivity index (χ0n) is 44.8. The van der Waals surface area contributed by atoms with Gasteiger partial charge in [0.1, 0.15) is 18.8 Å². The summed E-state index contributed by atoms with van der Waals surface area (Å²) in [5.41, 5.74) is 0. The van der Waals surface area contributed by atoms with Crippen molar-refractivity contribution in [2.24, 2.45) is 0 Å². The van der Waals surface area contributed by atoms with E-state index in [2.05, 4.69) is 31.4 Å². The first-order valence-corrected chi connectivity index (χ1v) is 31.2. The Morgan fingerprint density at radius 3 is 1.31 bits per heavy atom. The second-order valence-corrected chi connectivity index (χ2v) is 22.0. The second kappa shape index (κ2) is 52.1. The largest absolute Gasteiger partial charge is 0.462 e. The lowest BCUT2D eigenvalue weighted by Crippen LogP contribution is -2.49.